The molecule has 2 aromatic rings. The Balaban J connectivity index is 2.08. The first-order chi connectivity index (χ1) is 7.69. The minimum Gasteiger partial charge on any atom is -0.331 e. The molecule has 5 nitrogen and oxygen atoms in total. The van der Waals surface area contributed by atoms with Crippen molar-refractivity contribution in [3.8, 4) is 0 Å². The van der Waals surface area contributed by atoms with Crippen LogP contribution in [0.4, 0.5) is 0 Å². The lowest BCUT2D eigenvalue weighted by molar-refractivity contribution is 0.523. The summed E-state index contributed by atoms with van der Waals surface area (Å²) in [5.41, 5.74) is 7.45. The largest absolute Gasteiger partial charge is 0.331 e. The van der Waals surface area contributed by atoms with Crippen molar-refractivity contribution in [1.82, 2.24) is 19.3 Å². The molecule has 2 N–H and O–H groups in total. The molecule has 0 spiro atoms. The fraction of sp³-hybridized carbons (Fsp3) is 0.455. The molecule has 86 valence electrons. The average Bonchev–Trinajstić information content (AvgIpc) is 2.87. The Morgan fingerprint density at radius 2 is 2.19 bits per heavy atom. The van der Waals surface area contributed by atoms with E-state index in [0.717, 1.165) is 17.9 Å². The molecule has 2 rings (SSSR count). The van der Waals surface area contributed by atoms with Crippen molar-refractivity contribution in [2.24, 2.45) is 5.73 Å². The van der Waals surface area contributed by atoms with Crippen molar-refractivity contribution < 1.29 is 0 Å². The zero-order valence-electron chi connectivity index (χ0n) is 9.67. The molecule has 2 heterocycles. The first-order valence-corrected chi connectivity index (χ1v) is 5.44. The highest BCUT2D eigenvalue weighted by Gasteiger charge is 2.03. The van der Waals surface area contributed by atoms with Gasteiger partial charge in [-0.25, -0.2) is 4.98 Å². The van der Waals surface area contributed by atoms with Crippen LogP contribution in [0.15, 0.2) is 24.8 Å². The molecule has 16 heavy (non-hydrogen) atoms. The minimum absolute atomic E-state index is 0.399. The summed E-state index contributed by atoms with van der Waals surface area (Å²) in [5.74, 6) is 0. The normalized spacial score (nSPS) is 11.2. The molecule has 0 unspecified atom stereocenters. The van der Waals surface area contributed by atoms with Crippen molar-refractivity contribution in [1.29, 1.82) is 0 Å². The summed E-state index contributed by atoms with van der Waals surface area (Å²) in [7, 11) is 0. The van der Waals surface area contributed by atoms with E-state index < -0.39 is 0 Å². The third-order valence-electron chi connectivity index (χ3n) is 2.43. The van der Waals surface area contributed by atoms with Crippen LogP contribution in [-0.2, 0) is 13.1 Å². The number of nitrogens with zero attached hydrogens (tertiary/aromatic N) is 4. The molecule has 0 aliphatic heterocycles. The van der Waals surface area contributed by atoms with E-state index >= 15 is 0 Å². The second-order valence-corrected chi connectivity index (χ2v) is 4.12. The third-order valence-corrected chi connectivity index (χ3v) is 2.43. The van der Waals surface area contributed by atoms with E-state index in [-0.39, 0.29) is 0 Å². The van der Waals surface area contributed by atoms with Crippen LogP contribution in [0, 0.1) is 0 Å². The van der Waals surface area contributed by atoms with Crippen LogP contribution in [0.1, 0.15) is 31.3 Å². The minimum atomic E-state index is 0.399. The quantitative estimate of drug-likeness (QED) is 0.839. The molecular weight excluding hydrogens is 202 g/mol. The van der Waals surface area contributed by atoms with Gasteiger partial charge in [-0.3, -0.25) is 4.68 Å². The highest BCUT2D eigenvalue weighted by atomic mass is 15.3. The summed E-state index contributed by atoms with van der Waals surface area (Å²) in [5, 5.41) is 4.48. The van der Waals surface area contributed by atoms with Gasteiger partial charge in [0.2, 0.25) is 0 Å². The van der Waals surface area contributed by atoms with E-state index in [1.807, 2.05) is 27.7 Å². The van der Waals surface area contributed by atoms with Gasteiger partial charge in [0.1, 0.15) is 0 Å². The van der Waals surface area contributed by atoms with Crippen molar-refractivity contribution >= 4 is 0 Å². The highest BCUT2D eigenvalue weighted by Crippen LogP contribution is 2.06. The summed E-state index contributed by atoms with van der Waals surface area (Å²) in [4.78, 5) is 4.18. The van der Waals surface area contributed by atoms with Crippen LogP contribution in [0.2, 0.25) is 0 Å². The van der Waals surface area contributed by atoms with Gasteiger partial charge in [-0.15, -0.1) is 0 Å². The zero-order chi connectivity index (χ0) is 11.5. The second kappa shape index (κ2) is 4.49. The van der Waals surface area contributed by atoms with Crippen LogP contribution in [0.5, 0.6) is 0 Å². The monoisotopic (exact) mass is 219 g/mol. The van der Waals surface area contributed by atoms with Gasteiger partial charge in [0.25, 0.3) is 0 Å². The summed E-state index contributed by atoms with van der Waals surface area (Å²) in [6.45, 7) is 5.45. The number of aromatic nitrogens is 4. The molecule has 2 aromatic heterocycles. The van der Waals surface area contributed by atoms with Gasteiger partial charge in [0.05, 0.1) is 24.3 Å². The first kappa shape index (κ1) is 10.9. The van der Waals surface area contributed by atoms with E-state index in [9.17, 15) is 0 Å². The topological polar surface area (TPSA) is 61.7 Å². The second-order valence-electron chi connectivity index (χ2n) is 4.12. The van der Waals surface area contributed by atoms with Gasteiger partial charge in [-0.1, -0.05) is 0 Å². The predicted molar refractivity (Wildman–Crippen MR) is 61.8 cm³/mol. The molecule has 0 atom stereocenters. The number of hydrogen-bond acceptors (Lipinski definition) is 3. The van der Waals surface area contributed by atoms with Crippen LogP contribution in [0.3, 0.4) is 0 Å². The molecule has 0 fully saturated rings. The molecule has 0 aromatic carbocycles. The van der Waals surface area contributed by atoms with Crippen LogP contribution in [-0.4, -0.2) is 19.3 Å². The van der Waals surface area contributed by atoms with Crippen LogP contribution >= 0.6 is 0 Å². The van der Waals surface area contributed by atoms with Gasteiger partial charge >= 0.3 is 0 Å². The molecular formula is C11H17N5. The van der Waals surface area contributed by atoms with Crippen molar-refractivity contribution in [3.05, 3.63) is 36.2 Å². The molecule has 0 amide bonds. The predicted octanol–water partition coefficient (Wildman–Crippen LogP) is 1.17. The molecule has 0 radical (unpaired) electrons. The van der Waals surface area contributed by atoms with Crippen LogP contribution in [0.25, 0.3) is 0 Å². The number of rotatable bonds is 4. The van der Waals surface area contributed by atoms with Gasteiger partial charge in [0.15, 0.2) is 0 Å². The lowest BCUT2D eigenvalue weighted by atomic mass is 10.4. The first-order valence-electron chi connectivity index (χ1n) is 5.44. The average molecular weight is 219 g/mol. The molecule has 0 aliphatic carbocycles. The standard InChI is InChI=1S/C11H17N5/c1-9(2)16-4-3-10(14-16)6-15-7-11(5-12)13-8-15/h3-4,7-9H,5-6,12H2,1-2H3. The van der Waals surface area contributed by atoms with E-state index in [1.165, 1.54) is 0 Å². The number of imidazole rings is 1. The summed E-state index contributed by atoms with van der Waals surface area (Å²) in [6, 6.07) is 2.43. The maximum atomic E-state index is 5.50. The fourth-order valence-corrected chi connectivity index (χ4v) is 1.53. The van der Waals surface area contributed by atoms with E-state index in [1.54, 1.807) is 6.33 Å². The Hall–Kier alpha value is -1.62. The van der Waals surface area contributed by atoms with Crippen molar-refractivity contribution in [2.75, 3.05) is 0 Å². The summed E-state index contributed by atoms with van der Waals surface area (Å²) in [6.07, 6.45) is 5.74. The lowest BCUT2D eigenvalue weighted by Crippen LogP contribution is -2.03. The number of hydrogen-bond donors (Lipinski definition) is 1. The zero-order valence-corrected chi connectivity index (χ0v) is 9.67. The Labute approximate surface area is 94.9 Å². The van der Waals surface area contributed by atoms with Gasteiger partial charge in [-0.05, 0) is 19.9 Å². The van der Waals surface area contributed by atoms with Crippen LogP contribution < -0.4 is 5.73 Å². The van der Waals surface area contributed by atoms with Gasteiger partial charge in [0, 0.05) is 25.0 Å². The molecule has 5 heteroatoms. The fourth-order valence-electron chi connectivity index (χ4n) is 1.53. The Morgan fingerprint density at radius 3 is 2.75 bits per heavy atom. The van der Waals surface area contributed by atoms with Crippen molar-refractivity contribution in [3.63, 3.8) is 0 Å². The number of nitrogens with two attached hydrogens (primary N) is 1. The Morgan fingerprint density at radius 1 is 1.38 bits per heavy atom. The summed E-state index contributed by atoms with van der Waals surface area (Å²) >= 11 is 0. The molecule has 0 aliphatic rings. The highest BCUT2D eigenvalue weighted by molar-refractivity contribution is 5.03. The molecule has 0 bridgehead atoms. The SMILES string of the molecule is CC(C)n1ccc(Cn2cnc(CN)c2)n1. The van der Waals surface area contributed by atoms with E-state index in [4.69, 9.17) is 5.73 Å². The maximum absolute atomic E-state index is 5.50. The molecule has 0 saturated carbocycles. The van der Waals surface area contributed by atoms with E-state index in [0.29, 0.717) is 12.6 Å². The van der Waals surface area contributed by atoms with Gasteiger partial charge < -0.3 is 10.3 Å². The smallest absolute Gasteiger partial charge is 0.0953 e. The van der Waals surface area contributed by atoms with Crippen molar-refractivity contribution in [2.45, 2.75) is 33.0 Å². The lowest BCUT2D eigenvalue weighted by Gasteiger charge is -2.03. The third kappa shape index (κ3) is 2.30. The Bertz CT molecular complexity index is 454. The van der Waals surface area contributed by atoms with Gasteiger partial charge in [-0.2, -0.15) is 5.10 Å². The van der Waals surface area contributed by atoms with E-state index in [2.05, 4.69) is 23.9 Å². The maximum Gasteiger partial charge on any atom is 0.0953 e. The Kier molecular flexibility index (Phi) is 3.05. The molecule has 0 saturated heterocycles. The summed E-state index contributed by atoms with van der Waals surface area (Å²) < 4.78 is 3.95.